The summed E-state index contributed by atoms with van der Waals surface area (Å²) in [6.07, 6.45) is 1.45. The van der Waals surface area contributed by atoms with Crippen LogP contribution in [0.15, 0.2) is 15.9 Å². The van der Waals surface area contributed by atoms with E-state index in [0.29, 0.717) is 17.7 Å². The Morgan fingerprint density at radius 2 is 2.12 bits per heavy atom. The number of carboxylic acid groups (broad SMARTS) is 1. The van der Waals surface area contributed by atoms with Gasteiger partial charge in [-0.25, -0.2) is 0 Å². The molecule has 128 valence electrons. The average Bonchev–Trinajstić information content (AvgIpc) is 2.97. The van der Waals surface area contributed by atoms with Crippen LogP contribution in [0.25, 0.3) is 11.2 Å². The van der Waals surface area contributed by atoms with E-state index in [9.17, 15) is 14.4 Å². The third kappa shape index (κ3) is 4.09. The van der Waals surface area contributed by atoms with Gasteiger partial charge < -0.3 is 0 Å². The molecule has 0 spiro atoms. The van der Waals surface area contributed by atoms with E-state index in [4.69, 9.17) is 9.84 Å². The second kappa shape index (κ2) is 8.30. The average molecular weight is 543 g/mol. The van der Waals surface area contributed by atoms with E-state index in [0.717, 1.165) is 8.50 Å². The Balaban J connectivity index is 2.21. The number of nitrogens with zero attached hydrogens (tertiary/aromatic N) is 4. The van der Waals surface area contributed by atoms with E-state index >= 15 is 0 Å². The Morgan fingerprint density at radius 1 is 1.42 bits per heavy atom. The molecule has 0 radical (unpaired) electrons. The first-order valence-corrected chi connectivity index (χ1v) is 19.1. The fourth-order valence-electron chi connectivity index (χ4n) is 2.41. The van der Waals surface area contributed by atoms with Crippen LogP contribution in [0.4, 0.5) is 0 Å². The van der Waals surface area contributed by atoms with Gasteiger partial charge in [0.05, 0.1) is 0 Å². The Bertz CT molecular complexity index is 858. The molecule has 0 aromatic carbocycles. The van der Waals surface area contributed by atoms with Crippen molar-refractivity contribution in [2.45, 2.75) is 16.6 Å². The monoisotopic (exact) mass is 544 g/mol. The summed E-state index contributed by atoms with van der Waals surface area (Å²) in [6.45, 7) is 0.452. The topological polar surface area (TPSA) is 108 Å². The molecule has 0 fully saturated rings. The van der Waals surface area contributed by atoms with Crippen molar-refractivity contribution in [2.75, 3.05) is 12.9 Å². The van der Waals surface area contributed by atoms with Gasteiger partial charge in [0.25, 0.3) is 0 Å². The van der Waals surface area contributed by atoms with Crippen molar-refractivity contribution < 1.29 is 37.7 Å². The number of hydrogen-bond donors (Lipinski definition) is 1. The van der Waals surface area contributed by atoms with E-state index in [1.807, 2.05) is 0 Å². The Labute approximate surface area is 152 Å². The first-order valence-electron chi connectivity index (χ1n) is 7.30. The van der Waals surface area contributed by atoms with Crippen molar-refractivity contribution in [1.29, 1.82) is 0 Å². The number of carbonyl (C=O) groups is 1. The van der Waals surface area contributed by atoms with Crippen LogP contribution in [0.3, 0.4) is 0 Å². The molecule has 0 saturated carbocycles. The van der Waals surface area contributed by atoms with Crippen LogP contribution in [0, 0.1) is 0 Å². The van der Waals surface area contributed by atoms with Crippen molar-refractivity contribution in [1.82, 2.24) is 18.7 Å². The minimum absolute atomic E-state index is 0.0905. The summed E-state index contributed by atoms with van der Waals surface area (Å²) < 4.78 is 10.4. The standard InChI is InChI=1S/C11H15N4O3.C2H4O2S.Hg/c1-7(18-4)5-15-6-12-9-8(15)10(16)14(3)11(17)13(9)2;3-2(4)1-5;/h6-7H,1,5H2,2-4H3;5H,1H2,(H,3,4);/q;;+1/p-1. The van der Waals surface area contributed by atoms with Gasteiger partial charge in [0.2, 0.25) is 0 Å². The van der Waals surface area contributed by atoms with Crippen LogP contribution in [0.2, 0.25) is 3.93 Å². The number of methoxy groups -OCH3 is 1. The van der Waals surface area contributed by atoms with Gasteiger partial charge >= 0.3 is 152 Å². The summed E-state index contributed by atoms with van der Waals surface area (Å²) in [5.74, 6) is -0.645. The van der Waals surface area contributed by atoms with Crippen LogP contribution in [-0.4, -0.2) is 48.7 Å². The zero-order valence-electron chi connectivity index (χ0n) is 13.8. The SMILES string of the molecule is COC([CH2][Hg][S]CC(=O)O)Cn1cnc2c1c(=O)n(C)c(=O)n2C. The van der Waals surface area contributed by atoms with Crippen LogP contribution < -0.4 is 11.2 Å². The van der Waals surface area contributed by atoms with E-state index in [1.54, 1.807) is 25.1 Å². The molecule has 0 saturated heterocycles. The predicted molar refractivity (Wildman–Crippen MR) is 85.9 cm³/mol. The van der Waals surface area contributed by atoms with Gasteiger partial charge in [-0.3, -0.25) is 0 Å². The molecule has 1 unspecified atom stereocenters. The molecule has 0 aliphatic heterocycles. The third-order valence-corrected chi connectivity index (χ3v) is 15.7. The summed E-state index contributed by atoms with van der Waals surface area (Å²) in [6, 6.07) is 0. The van der Waals surface area contributed by atoms with E-state index in [2.05, 4.69) is 4.98 Å². The fourth-order valence-corrected chi connectivity index (χ4v) is 13.5. The zero-order chi connectivity index (χ0) is 17.9. The molecule has 0 bridgehead atoms. The molecule has 11 heteroatoms. The molecule has 24 heavy (non-hydrogen) atoms. The summed E-state index contributed by atoms with van der Waals surface area (Å²) in [7, 11) is 6.16. The van der Waals surface area contributed by atoms with Crippen molar-refractivity contribution in [2.24, 2.45) is 14.1 Å². The van der Waals surface area contributed by atoms with Gasteiger partial charge in [0, 0.05) is 0 Å². The van der Waals surface area contributed by atoms with E-state index in [1.165, 1.54) is 19.9 Å². The second-order valence-electron chi connectivity index (χ2n) is 5.37. The molecular formula is C13H18HgN4O5S. The summed E-state index contributed by atoms with van der Waals surface area (Å²) in [4.78, 5) is 39.0. The maximum atomic E-state index is 12.4. The molecule has 2 heterocycles. The Morgan fingerprint density at radius 3 is 2.75 bits per heavy atom. The van der Waals surface area contributed by atoms with Gasteiger partial charge in [0.15, 0.2) is 0 Å². The number of rotatable bonds is 8. The van der Waals surface area contributed by atoms with Gasteiger partial charge in [0.1, 0.15) is 0 Å². The molecule has 0 amide bonds. The van der Waals surface area contributed by atoms with Crippen LogP contribution in [0.1, 0.15) is 0 Å². The quantitative estimate of drug-likeness (QED) is 0.360. The minimum atomic E-state index is -1.39. The number of ether oxygens (including phenoxy) is 1. The molecular weight excluding hydrogens is 525 g/mol. The van der Waals surface area contributed by atoms with Gasteiger partial charge in [-0.05, 0) is 0 Å². The Hall–Kier alpha value is -1.13. The fraction of sp³-hybridized carbons (Fsp3) is 0.538. The Kier molecular flexibility index (Phi) is 6.64. The van der Waals surface area contributed by atoms with Crippen LogP contribution in [0.5, 0.6) is 0 Å². The predicted octanol–water partition coefficient (Wildman–Crippen LogP) is -0.318. The number of aryl methyl sites for hydroxylation is 1. The molecule has 0 aliphatic rings. The van der Waals surface area contributed by atoms with Crippen molar-refractivity contribution >= 4 is 25.4 Å². The maximum absolute atomic E-state index is 12.4. The number of carboxylic acids is 1. The van der Waals surface area contributed by atoms with E-state index < -0.39 is 34.7 Å². The molecule has 9 nitrogen and oxygen atoms in total. The van der Waals surface area contributed by atoms with E-state index in [-0.39, 0.29) is 17.4 Å². The van der Waals surface area contributed by atoms with Gasteiger partial charge in [-0.15, -0.1) is 0 Å². The van der Waals surface area contributed by atoms with Crippen LogP contribution in [-0.2, 0) is 53.2 Å². The zero-order valence-corrected chi connectivity index (χ0v) is 20.1. The molecule has 2 aromatic heterocycles. The number of aliphatic carboxylic acids is 1. The van der Waals surface area contributed by atoms with Crippen LogP contribution >= 0.6 is 8.24 Å². The van der Waals surface area contributed by atoms with Gasteiger partial charge in [-0.1, -0.05) is 0 Å². The number of aromatic nitrogens is 4. The van der Waals surface area contributed by atoms with Crippen molar-refractivity contribution in [3.8, 4) is 0 Å². The molecule has 2 rings (SSSR count). The molecule has 1 atom stereocenters. The molecule has 0 aliphatic carbocycles. The summed E-state index contributed by atoms with van der Waals surface area (Å²) in [5, 5.41) is 8.67. The first kappa shape index (κ1) is 19.2. The molecule has 2 aromatic rings. The summed E-state index contributed by atoms with van der Waals surface area (Å²) in [5.41, 5.74) is -0.0763. The van der Waals surface area contributed by atoms with Crippen molar-refractivity contribution in [3.63, 3.8) is 0 Å². The first-order chi connectivity index (χ1) is 11.4. The second-order valence-corrected chi connectivity index (χ2v) is 18.2. The summed E-state index contributed by atoms with van der Waals surface area (Å²) >= 11 is -1.39. The van der Waals surface area contributed by atoms with Crippen molar-refractivity contribution in [3.05, 3.63) is 27.2 Å². The van der Waals surface area contributed by atoms with Gasteiger partial charge in [-0.2, -0.15) is 0 Å². The normalized spacial score (nSPS) is 12.3. The third-order valence-electron chi connectivity index (χ3n) is 3.76. The number of hydrogen-bond acceptors (Lipinski definition) is 6. The number of imidazole rings is 1. The molecule has 1 N–H and O–H groups in total. The number of fused-ring (bicyclic) bond motifs is 1.